The highest BCUT2D eigenvalue weighted by molar-refractivity contribution is 5.86. The summed E-state index contributed by atoms with van der Waals surface area (Å²) in [5.41, 5.74) is 6.13. The fraction of sp³-hybridized carbons (Fsp3) is 0.632. The van der Waals surface area contributed by atoms with Crippen molar-refractivity contribution in [2.75, 3.05) is 46.8 Å². The molecule has 134 valence electrons. The molecule has 0 bridgehead atoms. The van der Waals surface area contributed by atoms with Crippen molar-refractivity contribution in [2.24, 2.45) is 11.7 Å². The highest BCUT2D eigenvalue weighted by Gasteiger charge is 2.30. The van der Waals surface area contributed by atoms with Gasteiger partial charge in [-0.3, -0.25) is 4.79 Å². The van der Waals surface area contributed by atoms with Crippen molar-refractivity contribution >= 4 is 5.91 Å². The minimum Gasteiger partial charge on any atom is -0.354 e. The highest BCUT2D eigenvalue weighted by atomic mass is 16.2. The number of hydrogen-bond acceptors (Lipinski definition) is 4. The average Bonchev–Trinajstić information content (AvgIpc) is 2.59. The average molecular weight is 332 g/mol. The predicted octanol–water partition coefficient (Wildman–Crippen LogP) is 1.25. The molecule has 1 aliphatic heterocycles. The predicted molar refractivity (Wildman–Crippen MR) is 98.7 cm³/mol. The zero-order valence-electron chi connectivity index (χ0n) is 15.3. The molecule has 1 unspecified atom stereocenters. The molecular formula is C19H32N4O. The summed E-state index contributed by atoms with van der Waals surface area (Å²) < 4.78 is 0. The van der Waals surface area contributed by atoms with Crippen LogP contribution in [0.1, 0.15) is 25.3 Å². The standard InChI is InChI=1S/C19H32N4O/c1-19(20,17-7-5-4-6-8-17)18(24)21-15-16-9-11-23(12-10-16)14-13-22(2)3/h4-8,16H,9-15,20H2,1-3H3,(H,21,24). The van der Waals surface area contributed by atoms with E-state index in [0.29, 0.717) is 5.92 Å². The van der Waals surface area contributed by atoms with Crippen molar-refractivity contribution in [1.29, 1.82) is 0 Å². The van der Waals surface area contributed by atoms with Crippen molar-refractivity contribution in [3.63, 3.8) is 0 Å². The molecule has 0 aliphatic carbocycles. The molecule has 0 spiro atoms. The molecule has 24 heavy (non-hydrogen) atoms. The van der Waals surface area contributed by atoms with Gasteiger partial charge in [0.15, 0.2) is 0 Å². The van der Waals surface area contributed by atoms with Gasteiger partial charge in [0.1, 0.15) is 5.54 Å². The van der Waals surface area contributed by atoms with Crippen molar-refractivity contribution in [2.45, 2.75) is 25.3 Å². The second-order valence-electron chi connectivity index (χ2n) is 7.37. The maximum Gasteiger partial charge on any atom is 0.244 e. The Balaban J connectivity index is 1.75. The quantitative estimate of drug-likeness (QED) is 0.789. The van der Waals surface area contributed by atoms with Crippen LogP contribution < -0.4 is 11.1 Å². The molecule has 3 N–H and O–H groups in total. The number of nitrogens with one attached hydrogen (secondary N) is 1. The Hall–Kier alpha value is -1.43. The Bertz CT molecular complexity index is 507. The lowest BCUT2D eigenvalue weighted by Gasteiger charge is -2.33. The van der Waals surface area contributed by atoms with Crippen LogP contribution in [0.15, 0.2) is 30.3 Å². The van der Waals surface area contributed by atoms with Crippen LogP contribution in [0.25, 0.3) is 0 Å². The zero-order chi connectivity index (χ0) is 17.6. The summed E-state index contributed by atoms with van der Waals surface area (Å²) in [4.78, 5) is 17.2. The molecule has 1 aliphatic rings. The Morgan fingerprint density at radius 3 is 2.50 bits per heavy atom. The second-order valence-corrected chi connectivity index (χ2v) is 7.37. The van der Waals surface area contributed by atoms with E-state index < -0.39 is 5.54 Å². The monoisotopic (exact) mass is 332 g/mol. The van der Waals surface area contributed by atoms with Gasteiger partial charge in [0, 0.05) is 19.6 Å². The minimum atomic E-state index is -0.978. The van der Waals surface area contributed by atoms with E-state index in [2.05, 4.69) is 29.2 Å². The summed E-state index contributed by atoms with van der Waals surface area (Å²) in [6, 6.07) is 9.57. The third kappa shape index (κ3) is 5.30. The van der Waals surface area contributed by atoms with Crippen LogP contribution in [0.4, 0.5) is 0 Å². The number of carbonyl (C=O) groups excluding carboxylic acids is 1. The molecule has 1 fully saturated rings. The first kappa shape index (κ1) is 18.9. The van der Waals surface area contributed by atoms with Gasteiger partial charge in [0.05, 0.1) is 0 Å². The number of benzene rings is 1. The van der Waals surface area contributed by atoms with Crippen LogP contribution in [-0.2, 0) is 10.3 Å². The molecule has 2 rings (SSSR count). The van der Waals surface area contributed by atoms with E-state index in [0.717, 1.165) is 51.1 Å². The topological polar surface area (TPSA) is 61.6 Å². The lowest BCUT2D eigenvalue weighted by Crippen LogP contribution is -2.50. The number of piperidine rings is 1. The molecule has 0 aromatic heterocycles. The van der Waals surface area contributed by atoms with Gasteiger partial charge in [-0.25, -0.2) is 0 Å². The van der Waals surface area contributed by atoms with Gasteiger partial charge in [0.2, 0.25) is 5.91 Å². The van der Waals surface area contributed by atoms with E-state index in [9.17, 15) is 4.79 Å². The summed E-state index contributed by atoms with van der Waals surface area (Å²) >= 11 is 0. The fourth-order valence-corrected chi connectivity index (χ4v) is 3.09. The molecule has 1 amide bonds. The Morgan fingerprint density at radius 2 is 1.92 bits per heavy atom. The van der Waals surface area contributed by atoms with Crippen molar-refractivity contribution in [1.82, 2.24) is 15.1 Å². The molecule has 0 radical (unpaired) electrons. The number of likely N-dealkylation sites (tertiary alicyclic amines) is 1. The third-order valence-corrected chi connectivity index (χ3v) is 4.97. The molecule has 1 saturated heterocycles. The van der Waals surface area contributed by atoms with Crippen LogP contribution in [0.3, 0.4) is 0 Å². The molecule has 5 heteroatoms. The van der Waals surface area contributed by atoms with Gasteiger partial charge in [-0.05, 0) is 58.4 Å². The van der Waals surface area contributed by atoms with Crippen LogP contribution in [0.5, 0.6) is 0 Å². The Morgan fingerprint density at radius 1 is 1.29 bits per heavy atom. The SMILES string of the molecule is CN(C)CCN1CCC(CNC(=O)C(C)(N)c2ccccc2)CC1. The Kier molecular flexibility index (Phi) is 6.78. The summed E-state index contributed by atoms with van der Waals surface area (Å²) in [5.74, 6) is 0.458. The number of likely N-dealkylation sites (N-methyl/N-ethyl adjacent to an activating group) is 1. The maximum absolute atomic E-state index is 12.5. The van der Waals surface area contributed by atoms with E-state index in [1.165, 1.54) is 0 Å². The maximum atomic E-state index is 12.5. The number of hydrogen-bond donors (Lipinski definition) is 2. The number of nitrogens with two attached hydrogens (primary N) is 1. The Labute approximate surface area is 146 Å². The second kappa shape index (κ2) is 8.60. The molecule has 1 aromatic carbocycles. The van der Waals surface area contributed by atoms with Gasteiger partial charge < -0.3 is 20.9 Å². The largest absolute Gasteiger partial charge is 0.354 e. The van der Waals surface area contributed by atoms with Gasteiger partial charge in [-0.15, -0.1) is 0 Å². The van der Waals surface area contributed by atoms with E-state index in [1.807, 2.05) is 30.3 Å². The summed E-state index contributed by atoms with van der Waals surface area (Å²) in [5, 5.41) is 3.07. The first-order chi connectivity index (χ1) is 11.4. The molecule has 1 heterocycles. The summed E-state index contributed by atoms with van der Waals surface area (Å²) in [6.07, 6.45) is 2.28. The summed E-state index contributed by atoms with van der Waals surface area (Å²) in [6.45, 7) is 6.96. The van der Waals surface area contributed by atoms with Crippen LogP contribution in [0.2, 0.25) is 0 Å². The first-order valence-corrected chi connectivity index (χ1v) is 8.89. The van der Waals surface area contributed by atoms with Gasteiger partial charge in [-0.2, -0.15) is 0 Å². The van der Waals surface area contributed by atoms with E-state index in [-0.39, 0.29) is 5.91 Å². The molecule has 5 nitrogen and oxygen atoms in total. The molecular weight excluding hydrogens is 300 g/mol. The van der Waals surface area contributed by atoms with Gasteiger partial charge >= 0.3 is 0 Å². The number of carbonyl (C=O) groups is 1. The van der Waals surface area contributed by atoms with E-state index in [1.54, 1.807) is 6.92 Å². The third-order valence-electron chi connectivity index (χ3n) is 4.97. The van der Waals surface area contributed by atoms with E-state index >= 15 is 0 Å². The number of nitrogens with zero attached hydrogens (tertiary/aromatic N) is 2. The number of rotatable bonds is 7. The molecule has 0 saturated carbocycles. The van der Waals surface area contributed by atoms with Crippen LogP contribution in [-0.4, -0.2) is 62.5 Å². The smallest absolute Gasteiger partial charge is 0.244 e. The number of amides is 1. The van der Waals surface area contributed by atoms with Crippen molar-refractivity contribution in [3.8, 4) is 0 Å². The normalized spacial score (nSPS) is 19.2. The van der Waals surface area contributed by atoms with Crippen LogP contribution in [0, 0.1) is 5.92 Å². The lowest BCUT2D eigenvalue weighted by atomic mass is 9.91. The van der Waals surface area contributed by atoms with Crippen LogP contribution >= 0.6 is 0 Å². The van der Waals surface area contributed by atoms with Crippen molar-refractivity contribution < 1.29 is 4.79 Å². The van der Waals surface area contributed by atoms with Crippen molar-refractivity contribution in [3.05, 3.63) is 35.9 Å². The summed E-state index contributed by atoms with van der Waals surface area (Å²) in [7, 11) is 4.22. The lowest BCUT2D eigenvalue weighted by molar-refractivity contribution is -0.126. The fourth-order valence-electron chi connectivity index (χ4n) is 3.09. The molecule has 1 aromatic rings. The van der Waals surface area contributed by atoms with Gasteiger partial charge in [-0.1, -0.05) is 30.3 Å². The molecule has 1 atom stereocenters. The van der Waals surface area contributed by atoms with Gasteiger partial charge in [0.25, 0.3) is 0 Å². The zero-order valence-corrected chi connectivity index (χ0v) is 15.3. The highest BCUT2D eigenvalue weighted by Crippen LogP contribution is 2.19. The minimum absolute atomic E-state index is 0.0938. The van der Waals surface area contributed by atoms with E-state index in [4.69, 9.17) is 5.73 Å². The first-order valence-electron chi connectivity index (χ1n) is 8.89.